The Morgan fingerprint density at radius 3 is 2.58 bits per heavy atom. The van der Waals surface area contributed by atoms with Gasteiger partial charge in [0.25, 0.3) is 0 Å². The summed E-state index contributed by atoms with van der Waals surface area (Å²) in [4.78, 5) is 36.9. The molecule has 1 aliphatic heterocycles. The fourth-order valence-electron chi connectivity index (χ4n) is 4.22. The van der Waals surface area contributed by atoms with E-state index in [1.54, 1.807) is 43.1 Å². The number of hydrogen-bond donors (Lipinski definition) is 1. The second-order valence-corrected chi connectivity index (χ2v) is 8.77. The number of benzene rings is 2. The van der Waals surface area contributed by atoms with Crippen LogP contribution in [0, 0.1) is 5.82 Å². The molecule has 170 valence electrons. The first-order chi connectivity index (χ1) is 15.8. The first kappa shape index (κ1) is 22.6. The lowest BCUT2D eigenvalue weighted by molar-refractivity contribution is -0.141. The highest BCUT2D eigenvalue weighted by molar-refractivity contribution is 5.91. The van der Waals surface area contributed by atoms with Crippen molar-refractivity contribution in [1.82, 2.24) is 20.2 Å². The molecule has 1 fully saturated rings. The van der Waals surface area contributed by atoms with Gasteiger partial charge in [0.15, 0.2) is 5.82 Å². The van der Waals surface area contributed by atoms with E-state index in [1.807, 2.05) is 36.4 Å². The minimum Gasteiger partial charge on any atom is -0.342 e. The van der Waals surface area contributed by atoms with E-state index < -0.39 is 17.3 Å². The van der Waals surface area contributed by atoms with Gasteiger partial charge in [0.05, 0.1) is 18.2 Å². The van der Waals surface area contributed by atoms with Crippen molar-refractivity contribution in [3.05, 3.63) is 83.9 Å². The van der Waals surface area contributed by atoms with Gasteiger partial charge in [-0.3, -0.25) is 9.59 Å². The number of hydrogen-bond acceptors (Lipinski definition) is 4. The highest BCUT2D eigenvalue weighted by Crippen LogP contribution is 2.33. The number of carbonyl (C=O) groups excluding carboxylic acids is 2. The summed E-state index contributed by atoms with van der Waals surface area (Å²) in [6, 6.07) is 17.5. The summed E-state index contributed by atoms with van der Waals surface area (Å²) in [6.07, 6.45) is 3.22. The monoisotopic (exact) mass is 446 g/mol. The number of rotatable bonds is 6. The van der Waals surface area contributed by atoms with Crippen molar-refractivity contribution < 1.29 is 14.0 Å². The van der Waals surface area contributed by atoms with Crippen molar-refractivity contribution in [1.29, 1.82) is 0 Å². The maximum atomic E-state index is 13.9. The molecule has 0 bridgehead atoms. The van der Waals surface area contributed by atoms with Gasteiger partial charge in [-0.15, -0.1) is 0 Å². The zero-order valence-corrected chi connectivity index (χ0v) is 18.8. The highest BCUT2D eigenvalue weighted by Gasteiger charge is 2.39. The van der Waals surface area contributed by atoms with E-state index in [0.29, 0.717) is 17.9 Å². The first-order valence-electron chi connectivity index (χ1n) is 11.1. The van der Waals surface area contributed by atoms with Crippen LogP contribution in [0.4, 0.5) is 4.39 Å². The normalized spacial score (nSPS) is 16.0. The van der Waals surface area contributed by atoms with Crippen LogP contribution in [0.3, 0.4) is 0 Å². The van der Waals surface area contributed by atoms with Gasteiger partial charge < -0.3 is 10.2 Å². The molecule has 0 spiro atoms. The van der Waals surface area contributed by atoms with Crippen LogP contribution >= 0.6 is 0 Å². The van der Waals surface area contributed by atoms with Crippen LogP contribution in [0.2, 0.25) is 0 Å². The molecule has 2 aromatic carbocycles. The SMILES string of the molecule is CC(C)(NC(=O)Cc1ccccc1F)C(=O)N1CCC[C@H]1c1ccnc(-c2ccccc2)n1. The number of likely N-dealkylation sites (tertiary alicyclic amines) is 1. The van der Waals surface area contributed by atoms with E-state index in [-0.39, 0.29) is 18.4 Å². The van der Waals surface area contributed by atoms with E-state index in [0.717, 1.165) is 24.1 Å². The Labute approximate surface area is 192 Å². The molecular weight excluding hydrogens is 419 g/mol. The van der Waals surface area contributed by atoms with Crippen molar-refractivity contribution >= 4 is 11.8 Å². The molecule has 1 N–H and O–H groups in total. The summed E-state index contributed by atoms with van der Waals surface area (Å²) >= 11 is 0. The van der Waals surface area contributed by atoms with Gasteiger partial charge in [0, 0.05) is 18.3 Å². The summed E-state index contributed by atoms with van der Waals surface area (Å²) in [5, 5.41) is 2.79. The molecule has 33 heavy (non-hydrogen) atoms. The topological polar surface area (TPSA) is 75.2 Å². The third-order valence-electron chi connectivity index (χ3n) is 5.86. The van der Waals surface area contributed by atoms with Crippen LogP contribution in [0.15, 0.2) is 66.9 Å². The summed E-state index contributed by atoms with van der Waals surface area (Å²) in [7, 11) is 0. The maximum Gasteiger partial charge on any atom is 0.248 e. The second kappa shape index (κ2) is 9.48. The number of amides is 2. The van der Waals surface area contributed by atoms with Crippen LogP contribution < -0.4 is 5.32 Å². The predicted octanol–water partition coefficient (Wildman–Crippen LogP) is 4.08. The summed E-state index contributed by atoms with van der Waals surface area (Å²) in [6.45, 7) is 3.94. The second-order valence-electron chi connectivity index (χ2n) is 8.77. The average molecular weight is 447 g/mol. The van der Waals surface area contributed by atoms with E-state index in [4.69, 9.17) is 4.98 Å². The average Bonchev–Trinajstić information content (AvgIpc) is 3.30. The molecule has 1 aliphatic rings. The smallest absolute Gasteiger partial charge is 0.248 e. The van der Waals surface area contributed by atoms with Crippen LogP contribution in [-0.2, 0) is 16.0 Å². The maximum absolute atomic E-state index is 13.9. The molecule has 6 nitrogen and oxygen atoms in total. The van der Waals surface area contributed by atoms with Gasteiger partial charge in [0.1, 0.15) is 11.4 Å². The van der Waals surface area contributed by atoms with Gasteiger partial charge in [-0.25, -0.2) is 14.4 Å². The largest absolute Gasteiger partial charge is 0.342 e. The summed E-state index contributed by atoms with van der Waals surface area (Å²) in [5.41, 5.74) is 0.853. The van der Waals surface area contributed by atoms with Crippen molar-refractivity contribution in [3.63, 3.8) is 0 Å². The third kappa shape index (κ3) is 5.08. The van der Waals surface area contributed by atoms with Crippen molar-refractivity contribution in [2.45, 2.75) is 44.7 Å². The van der Waals surface area contributed by atoms with E-state index in [9.17, 15) is 14.0 Å². The lowest BCUT2D eigenvalue weighted by atomic mass is 10.0. The molecule has 2 heterocycles. The zero-order chi connectivity index (χ0) is 23.4. The van der Waals surface area contributed by atoms with E-state index >= 15 is 0 Å². The Hall–Kier alpha value is -3.61. The van der Waals surface area contributed by atoms with Crippen molar-refractivity contribution in [3.8, 4) is 11.4 Å². The summed E-state index contributed by atoms with van der Waals surface area (Å²) < 4.78 is 13.9. The Morgan fingerprint density at radius 1 is 1.09 bits per heavy atom. The standard InChI is InChI=1S/C26H27FN4O2/c1-26(2,30-23(32)17-19-11-6-7-12-20(19)27)25(33)31-16-8-13-22(31)21-14-15-28-24(29-21)18-9-4-3-5-10-18/h3-7,9-12,14-15,22H,8,13,16-17H2,1-2H3,(H,30,32)/t22-/m0/s1. The molecule has 1 aromatic heterocycles. The molecule has 7 heteroatoms. The van der Waals surface area contributed by atoms with Crippen LogP contribution in [-0.4, -0.2) is 38.8 Å². The predicted molar refractivity (Wildman–Crippen MR) is 123 cm³/mol. The third-order valence-corrected chi connectivity index (χ3v) is 5.86. The Balaban J connectivity index is 1.49. The quantitative estimate of drug-likeness (QED) is 0.619. The number of nitrogens with zero attached hydrogens (tertiary/aromatic N) is 3. The van der Waals surface area contributed by atoms with Crippen LogP contribution in [0.5, 0.6) is 0 Å². The lowest BCUT2D eigenvalue weighted by Crippen LogP contribution is -2.56. The first-order valence-corrected chi connectivity index (χ1v) is 11.1. The van der Waals surface area contributed by atoms with Crippen LogP contribution in [0.25, 0.3) is 11.4 Å². The van der Waals surface area contributed by atoms with Gasteiger partial charge in [-0.05, 0) is 44.4 Å². The molecule has 0 aliphatic carbocycles. The molecule has 1 atom stereocenters. The number of aromatic nitrogens is 2. The minimum atomic E-state index is -1.14. The number of carbonyl (C=O) groups is 2. The molecule has 4 rings (SSSR count). The molecule has 1 saturated heterocycles. The van der Waals surface area contributed by atoms with Gasteiger partial charge >= 0.3 is 0 Å². The molecule has 2 amide bonds. The number of halogens is 1. The van der Waals surface area contributed by atoms with Gasteiger partial charge in [-0.1, -0.05) is 48.5 Å². The molecular formula is C26H27FN4O2. The van der Waals surface area contributed by atoms with Crippen molar-refractivity contribution in [2.24, 2.45) is 0 Å². The van der Waals surface area contributed by atoms with Crippen molar-refractivity contribution in [2.75, 3.05) is 6.54 Å². The lowest BCUT2D eigenvalue weighted by Gasteiger charge is -2.33. The fourth-order valence-corrected chi connectivity index (χ4v) is 4.22. The highest BCUT2D eigenvalue weighted by atomic mass is 19.1. The van der Waals surface area contributed by atoms with Gasteiger partial charge in [-0.2, -0.15) is 0 Å². The van der Waals surface area contributed by atoms with E-state index in [2.05, 4.69) is 10.3 Å². The summed E-state index contributed by atoms with van der Waals surface area (Å²) in [5.74, 6) is -0.409. The fraction of sp³-hybridized carbons (Fsp3) is 0.308. The zero-order valence-electron chi connectivity index (χ0n) is 18.8. The van der Waals surface area contributed by atoms with Crippen LogP contribution in [0.1, 0.15) is 44.0 Å². The Kier molecular flexibility index (Phi) is 6.49. The molecule has 0 unspecified atom stereocenters. The van der Waals surface area contributed by atoms with Gasteiger partial charge in [0.2, 0.25) is 11.8 Å². The van der Waals surface area contributed by atoms with E-state index in [1.165, 1.54) is 6.07 Å². The number of nitrogens with one attached hydrogen (secondary N) is 1. The Morgan fingerprint density at radius 2 is 1.82 bits per heavy atom. The molecule has 0 radical (unpaired) electrons. The molecule has 0 saturated carbocycles. The molecule has 3 aromatic rings. The Bertz CT molecular complexity index is 1150. The minimum absolute atomic E-state index is 0.126.